The summed E-state index contributed by atoms with van der Waals surface area (Å²) in [5.41, 5.74) is 6.73. The second kappa shape index (κ2) is 8.09. The van der Waals surface area contributed by atoms with Gasteiger partial charge in [-0.3, -0.25) is 0 Å². The predicted molar refractivity (Wildman–Crippen MR) is 78.5 cm³/mol. The van der Waals surface area contributed by atoms with Gasteiger partial charge in [-0.15, -0.1) is 0 Å². The molecule has 0 saturated heterocycles. The smallest absolute Gasteiger partial charge is 0.335 e. The van der Waals surface area contributed by atoms with Crippen LogP contribution in [0, 0.1) is 0 Å². The van der Waals surface area contributed by atoms with Crippen molar-refractivity contribution in [1.29, 1.82) is 0 Å². The summed E-state index contributed by atoms with van der Waals surface area (Å²) in [6.45, 7) is 1.79. The number of nitrogens with two attached hydrogens (primary N) is 1. The average molecular weight is 273 g/mol. The van der Waals surface area contributed by atoms with Crippen LogP contribution in [0.15, 0.2) is 60.7 Å². The Morgan fingerprint density at radius 3 is 1.80 bits per heavy atom. The third-order valence-corrected chi connectivity index (χ3v) is 2.66. The van der Waals surface area contributed by atoms with Crippen LogP contribution in [-0.4, -0.2) is 22.2 Å². The van der Waals surface area contributed by atoms with Crippen molar-refractivity contribution in [2.45, 2.75) is 19.1 Å². The van der Waals surface area contributed by atoms with E-state index in [2.05, 4.69) is 0 Å². The van der Waals surface area contributed by atoms with Crippen LogP contribution in [0.5, 0.6) is 0 Å². The van der Waals surface area contributed by atoms with Crippen LogP contribution in [0.25, 0.3) is 0 Å². The number of carbonyl (C=O) groups is 1. The van der Waals surface area contributed by atoms with Gasteiger partial charge in [-0.25, -0.2) is 4.79 Å². The molecule has 0 amide bonds. The molecule has 0 heterocycles. The van der Waals surface area contributed by atoms with Gasteiger partial charge in [0.1, 0.15) is 0 Å². The van der Waals surface area contributed by atoms with E-state index >= 15 is 0 Å². The summed E-state index contributed by atoms with van der Waals surface area (Å²) in [5.74, 6) is -0.879. The molecule has 4 heteroatoms. The highest BCUT2D eigenvalue weighted by Crippen LogP contribution is 2.13. The Hall–Kier alpha value is -2.17. The summed E-state index contributed by atoms with van der Waals surface area (Å²) in [7, 11) is 0. The summed E-state index contributed by atoms with van der Waals surface area (Å²) < 4.78 is 0. The molecule has 0 aliphatic carbocycles. The molecule has 0 aliphatic heterocycles. The van der Waals surface area contributed by atoms with E-state index in [1.807, 2.05) is 30.3 Å². The van der Waals surface area contributed by atoms with Crippen LogP contribution in [0.3, 0.4) is 0 Å². The van der Waals surface area contributed by atoms with Gasteiger partial charge in [-0.05, 0) is 24.6 Å². The first-order valence-corrected chi connectivity index (χ1v) is 6.29. The molecule has 4 nitrogen and oxygen atoms in total. The zero-order valence-electron chi connectivity index (χ0n) is 11.3. The van der Waals surface area contributed by atoms with E-state index in [4.69, 9.17) is 10.8 Å². The van der Waals surface area contributed by atoms with Gasteiger partial charge in [-0.1, -0.05) is 48.5 Å². The summed E-state index contributed by atoms with van der Waals surface area (Å²) in [4.78, 5) is 10.2. The number of carboxylic acid groups (broad SMARTS) is 1. The topological polar surface area (TPSA) is 83.5 Å². The van der Waals surface area contributed by atoms with Crippen molar-refractivity contribution < 1.29 is 15.0 Å². The second-order valence-electron chi connectivity index (χ2n) is 4.39. The molecule has 0 bridgehead atoms. The van der Waals surface area contributed by atoms with E-state index in [9.17, 15) is 9.90 Å². The third-order valence-electron chi connectivity index (χ3n) is 2.66. The fourth-order valence-electron chi connectivity index (χ4n) is 1.53. The lowest BCUT2D eigenvalue weighted by Gasteiger charge is -2.13. The molecule has 2 aromatic carbocycles. The summed E-state index contributed by atoms with van der Waals surface area (Å²) in [5, 5.41) is 17.9. The van der Waals surface area contributed by atoms with Crippen LogP contribution < -0.4 is 5.73 Å². The monoisotopic (exact) mass is 273 g/mol. The lowest BCUT2D eigenvalue weighted by Crippen LogP contribution is -2.24. The van der Waals surface area contributed by atoms with Crippen molar-refractivity contribution in [3.63, 3.8) is 0 Å². The van der Waals surface area contributed by atoms with E-state index in [1.54, 1.807) is 37.3 Å². The fourth-order valence-corrected chi connectivity index (χ4v) is 1.53. The van der Waals surface area contributed by atoms with E-state index < -0.39 is 12.1 Å². The Morgan fingerprint density at radius 2 is 1.45 bits per heavy atom. The van der Waals surface area contributed by atoms with E-state index in [0.29, 0.717) is 5.56 Å². The zero-order valence-corrected chi connectivity index (χ0v) is 11.3. The highest BCUT2D eigenvalue weighted by atomic mass is 16.4. The minimum atomic E-state index is -0.879. The van der Waals surface area contributed by atoms with Crippen LogP contribution in [0.4, 0.5) is 0 Å². The quantitative estimate of drug-likeness (QED) is 0.802. The van der Waals surface area contributed by atoms with Crippen LogP contribution in [0.1, 0.15) is 28.9 Å². The summed E-state index contributed by atoms with van der Waals surface area (Å²) in [6.07, 6.45) is -0.545. The predicted octanol–water partition coefficient (Wildman–Crippen LogP) is 2.45. The first-order valence-electron chi connectivity index (χ1n) is 6.29. The molecule has 4 N–H and O–H groups in total. The minimum absolute atomic E-state index is 0.211. The molecule has 0 fully saturated rings. The molecule has 106 valence electrons. The molecule has 2 atom stereocenters. The number of benzene rings is 2. The Labute approximate surface area is 118 Å². The first-order chi connectivity index (χ1) is 9.52. The first kappa shape index (κ1) is 15.9. The van der Waals surface area contributed by atoms with Gasteiger partial charge in [-0.2, -0.15) is 0 Å². The van der Waals surface area contributed by atoms with Gasteiger partial charge in [0.25, 0.3) is 0 Å². The van der Waals surface area contributed by atoms with Crippen LogP contribution >= 0.6 is 0 Å². The zero-order chi connectivity index (χ0) is 15.0. The molecule has 0 aliphatic rings. The Balaban J connectivity index is 0.000000204. The van der Waals surface area contributed by atoms with Crippen LogP contribution in [-0.2, 0) is 0 Å². The van der Waals surface area contributed by atoms with Crippen molar-refractivity contribution in [2.24, 2.45) is 5.73 Å². The molecular weight excluding hydrogens is 254 g/mol. The molecule has 2 rings (SSSR count). The second-order valence-corrected chi connectivity index (χ2v) is 4.39. The SMILES string of the molecule is CC(N)C(O)c1ccccc1.O=C(O)c1ccccc1. The lowest BCUT2D eigenvalue weighted by atomic mass is 10.0. The van der Waals surface area contributed by atoms with Crippen molar-refractivity contribution in [3.05, 3.63) is 71.8 Å². The van der Waals surface area contributed by atoms with E-state index in [-0.39, 0.29) is 6.04 Å². The molecule has 0 spiro atoms. The van der Waals surface area contributed by atoms with Crippen molar-refractivity contribution in [1.82, 2.24) is 0 Å². The average Bonchev–Trinajstić information content (AvgIpc) is 2.49. The number of aliphatic hydroxyl groups excluding tert-OH is 1. The van der Waals surface area contributed by atoms with Crippen molar-refractivity contribution >= 4 is 5.97 Å². The largest absolute Gasteiger partial charge is 0.478 e. The summed E-state index contributed by atoms with van der Waals surface area (Å²) in [6, 6.07) is 17.5. The van der Waals surface area contributed by atoms with Gasteiger partial charge in [0.15, 0.2) is 0 Å². The number of aromatic carboxylic acids is 1. The molecule has 2 unspecified atom stereocenters. The van der Waals surface area contributed by atoms with Gasteiger partial charge in [0.2, 0.25) is 0 Å². The van der Waals surface area contributed by atoms with Crippen molar-refractivity contribution in [3.8, 4) is 0 Å². The molecular formula is C16H19NO3. The normalized spacial score (nSPS) is 12.8. The maximum atomic E-state index is 10.2. The van der Waals surface area contributed by atoms with Crippen molar-refractivity contribution in [2.75, 3.05) is 0 Å². The highest BCUT2D eigenvalue weighted by molar-refractivity contribution is 5.87. The summed E-state index contributed by atoms with van der Waals surface area (Å²) >= 11 is 0. The number of rotatable bonds is 3. The van der Waals surface area contributed by atoms with Gasteiger partial charge in [0.05, 0.1) is 11.7 Å². The molecule has 0 saturated carbocycles. The molecule has 0 aromatic heterocycles. The maximum absolute atomic E-state index is 10.2. The van der Waals surface area contributed by atoms with E-state index in [0.717, 1.165) is 5.56 Å². The number of carboxylic acids is 1. The highest BCUT2D eigenvalue weighted by Gasteiger charge is 2.10. The standard InChI is InChI=1S/C9H13NO.C7H6O2/c1-7(10)9(11)8-5-3-2-4-6-8;8-7(9)6-4-2-1-3-5-6/h2-7,9,11H,10H2,1H3;1-5H,(H,8,9). The van der Waals surface area contributed by atoms with Gasteiger partial charge < -0.3 is 15.9 Å². The Bertz CT molecular complexity index is 512. The lowest BCUT2D eigenvalue weighted by molar-refractivity contribution is 0.0697. The third kappa shape index (κ3) is 5.22. The minimum Gasteiger partial charge on any atom is -0.478 e. The number of hydrogen-bond acceptors (Lipinski definition) is 3. The van der Waals surface area contributed by atoms with E-state index in [1.165, 1.54) is 0 Å². The fraction of sp³-hybridized carbons (Fsp3) is 0.188. The Kier molecular flexibility index (Phi) is 6.43. The van der Waals surface area contributed by atoms with Gasteiger partial charge >= 0.3 is 5.97 Å². The number of hydrogen-bond donors (Lipinski definition) is 3. The van der Waals surface area contributed by atoms with Gasteiger partial charge in [0, 0.05) is 6.04 Å². The molecule has 2 aromatic rings. The molecule has 0 radical (unpaired) electrons. The van der Waals surface area contributed by atoms with Crippen LogP contribution in [0.2, 0.25) is 0 Å². The molecule has 20 heavy (non-hydrogen) atoms. The maximum Gasteiger partial charge on any atom is 0.335 e. The Morgan fingerprint density at radius 1 is 1.00 bits per heavy atom. The number of aliphatic hydroxyl groups is 1.